The average molecular weight is 271 g/mol. The molecule has 1 N–H and O–H groups in total. The minimum Gasteiger partial charge on any atom is -0.385 e. The highest BCUT2D eigenvalue weighted by atomic mass is 19.1. The molecule has 2 aromatic rings. The molecule has 1 fully saturated rings. The van der Waals surface area contributed by atoms with Crippen molar-refractivity contribution in [2.24, 2.45) is 0 Å². The van der Waals surface area contributed by atoms with E-state index in [1.165, 1.54) is 17.8 Å². The molecule has 1 heterocycles. The fourth-order valence-corrected chi connectivity index (χ4v) is 2.82. The van der Waals surface area contributed by atoms with E-state index in [0.717, 1.165) is 18.7 Å². The van der Waals surface area contributed by atoms with Crippen LogP contribution in [-0.4, -0.2) is 18.2 Å². The zero-order valence-corrected chi connectivity index (χ0v) is 11.3. The summed E-state index contributed by atoms with van der Waals surface area (Å²) < 4.78 is 13.0. The summed E-state index contributed by atoms with van der Waals surface area (Å²) in [6.45, 7) is 1.61. The van der Waals surface area contributed by atoms with Gasteiger partial charge in [0, 0.05) is 18.8 Å². The monoisotopic (exact) mass is 271 g/mol. The molecule has 0 unspecified atom stereocenters. The Labute approximate surface area is 118 Å². The largest absolute Gasteiger partial charge is 0.385 e. The third-order valence-corrected chi connectivity index (χ3v) is 4.09. The van der Waals surface area contributed by atoms with E-state index in [4.69, 9.17) is 0 Å². The van der Waals surface area contributed by atoms with Crippen LogP contribution in [0.2, 0.25) is 0 Å². The Balaban J connectivity index is 1.73. The number of hydrogen-bond acceptors (Lipinski definition) is 2. The van der Waals surface area contributed by atoms with Crippen LogP contribution in [-0.2, 0) is 5.60 Å². The van der Waals surface area contributed by atoms with Gasteiger partial charge in [-0.1, -0.05) is 30.3 Å². The first-order valence-corrected chi connectivity index (χ1v) is 6.96. The fraction of sp³-hybridized carbons (Fsp3) is 0.294. The van der Waals surface area contributed by atoms with Crippen molar-refractivity contribution in [1.82, 2.24) is 0 Å². The van der Waals surface area contributed by atoms with E-state index in [1.54, 1.807) is 12.1 Å². The van der Waals surface area contributed by atoms with Crippen LogP contribution in [0.25, 0.3) is 0 Å². The van der Waals surface area contributed by atoms with Gasteiger partial charge in [-0.2, -0.15) is 0 Å². The van der Waals surface area contributed by atoms with Crippen LogP contribution >= 0.6 is 0 Å². The number of rotatable bonds is 2. The molecule has 0 spiro atoms. The van der Waals surface area contributed by atoms with Crippen molar-refractivity contribution < 1.29 is 9.50 Å². The predicted octanol–water partition coefficient (Wildman–Crippen LogP) is 3.31. The molecule has 0 atom stereocenters. The molecular weight excluding hydrogens is 253 g/mol. The molecular formula is C17H18FNO. The molecule has 0 radical (unpaired) electrons. The van der Waals surface area contributed by atoms with Crippen LogP contribution in [0.3, 0.4) is 0 Å². The molecule has 2 nitrogen and oxygen atoms in total. The summed E-state index contributed by atoms with van der Waals surface area (Å²) in [5.41, 5.74) is 1.17. The van der Waals surface area contributed by atoms with E-state index in [1.807, 2.05) is 18.2 Å². The third kappa shape index (κ3) is 2.54. The first-order chi connectivity index (χ1) is 9.67. The lowest BCUT2D eigenvalue weighted by Crippen LogP contribution is -2.42. The second-order valence-corrected chi connectivity index (χ2v) is 5.36. The van der Waals surface area contributed by atoms with Crippen LogP contribution < -0.4 is 4.90 Å². The van der Waals surface area contributed by atoms with Crippen LogP contribution in [0.1, 0.15) is 18.4 Å². The Hall–Kier alpha value is -1.87. The minimum atomic E-state index is -0.834. The van der Waals surface area contributed by atoms with Crippen molar-refractivity contribution in [2.75, 3.05) is 18.0 Å². The van der Waals surface area contributed by atoms with Crippen molar-refractivity contribution in [3.8, 4) is 0 Å². The van der Waals surface area contributed by atoms with Gasteiger partial charge < -0.3 is 10.0 Å². The summed E-state index contributed by atoms with van der Waals surface area (Å²) in [4.78, 5) is 2.28. The van der Waals surface area contributed by atoms with Crippen molar-refractivity contribution in [3.05, 3.63) is 66.0 Å². The lowest BCUT2D eigenvalue weighted by molar-refractivity contribution is 0.0117. The fourth-order valence-electron chi connectivity index (χ4n) is 2.82. The molecule has 0 amide bonds. The second kappa shape index (κ2) is 5.25. The van der Waals surface area contributed by atoms with Crippen LogP contribution in [0.4, 0.5) is 10.1 Å². The van der Waals surface area contributed by atoms with Gasteiger partial charge in [0.15, 0.2) is 0 Å². The Morgan fingerprint density at radius 1 is 0.900 bits per heavy atom. The maximum atomic E-state index is 13.0. The zero-order valence-electron chi connectivity index (χ0n) is 11.3. The maximum absolute atomic E-state index is 13.0. The maximum Gasteiger partial charge on any atom is 0.123 e. The number of hydrogen-bond donors (Lipinski definition) is 1. The van der Waals surface area contributed by atoms with Gasteiger partial charge in [0.05, 0.1) is 5.60 Å². The number of anilines is 1. The van der Waals surface area contributed by atoms with Crippen molar-refractivity contribution in [2.45, 2.75) is 18.4 Å². The molecule has 104 valence electrons. The predicted molar refractivity (Wildman–Crippen MR) is 78.2 cm³/mol. The van der Waals surface area contributed by atoms with Crippen molar-refractivity contribution >= 4 is 5.69 Å². The Kier molecular flexibility index (Phi) is 3.45. The summed E-state index contributed by atoms with van der Waals surface area (Å²) in [6, 6.07) is 16.4. The molecule has 0 saturated carbocycles. The first-order valence-electron chi connectivity index (χ1n) is 6.96. The summed E-state index contributed by atoms with van der Waals surface area (Å²) in [6.07, 6.45) is 1.32. The molecule has 0 aliphatic carbocycles. The molecule has 0 aromatic heterocycles. The lowest BCUT2D eigenvalue weighted by atomic mass is 9.84. The summed E-state index contributed by atoms with van der Waals surface area (Å²) >= 11 is 0. The quantitative estimate of drug-likeness (QED) is 0.905. The number of para-hydroxylation sites is 1. The standard InChI is InChI=1S/C17H18FNO/c18-15-8-6-14(7-9-15)17(20)10-12-19(13-11-17)16-4-2-1-3-5-16/h1-9,20H,10-13H2. The third-order valence-electron chi connectivity index (χ3n) is 4.09. The highest BCUT2D eigenvalue weighted by molar-refractivity contribution is 5.46. The van der Waals surface area contributed by atoms with Gasteiger partial charge in [0.2, 0.25) is 0 Å². The van der Waals surface area contributed by atoms with E-state index in [2.05, 4.69) is 17.0 Å². The summed E-state index contributed by atoms with van der Waals surface area (Å²) in [5, 5.41) is 10.7. The van der Waals surface area contributed by atoms with Crippen molar-refractivity contribution in [3.63, 3.8) is 0 Å². The lowest BCUT2D eigenvalue weighted by Gasteiger charge is -2.39. The van der Waals surface area contributed by atoms with Gasteiger partial charge in [0.25, 0.3) is 0 Å². The average Bonchev–Trinajstić information content (AvgIpc) is 2.49. The van der Waals surface area contributed by atoms with E-state index < -0.39 is 5.60 Å². The van der Waals surface area contributed by atoms with Gasteiger partial charge >= 0.3 is 0 Å². The van der Waals surface area contributed by atoms with E-state index in [9.17, 15) is 9.50 Å². The number of benzene rings is 2. The highest BCUT2D eigenvalue weighted by Crippen LogP contribution is 2.34. The van der Waals surface area contributed by atoms with E-state index in [0.29, 0.717) is 12.8 Å². The Morgan fingerprint density at radius 2 is 1.50 bits per heavy atom. The Bertz CT molecular complexity index is 559. The van der Waals surface area contributed by atoms with E-state index >= 15 is 0 Å². The molecule has 20 heavy (non-hydrogen) atoms. The second-order valence-electron chi connectivity index (χ2n) is 5.36. The van der Waals surface area contributed by atoms with Gasteiger partial charge in [0.1, 0.15) is 5.82 Å². The number of piperidine rings is 1. The highest BCUT2D eigenvalue weighted by Gasteiger charge is 2.33. The SMILES string of the molecule is OC1(c2ccc(F)cc2)CCN(c2ccccc2)CC1. The molecule has 1 saturated heterocycles. The minimum absolute atomic E-state index is 0.265. The smallest absolute Gasteiger partial charge is 0.123 e. The topological polar surface area (TPSA) is 23.5 Å². The van der Waals surface area contributed by atoms with Crippen LogP contribution in [0.5, 0.6) is 0 Å². The number of aliphatic hydroxyl groups is 1. The number of nitrogens with zero attached hydrogens (tertiary/aromatic N) is 1. The molecule has 3 rings (SSSR count). The normalized spacial score (nSPS) is 18.0. The molecule has 2 aromatic carbocycles. The van der Waals surface area contributed by atoms with Crippen molar-refractivity contribution in [1.29, 1.82) is 0 Å². The van der Waals surface area contributed by atoms with Gasteiger partial charge in [-0.05, 0) is 42.7 Å². The summed E-state index contributed by atoms with van der Waals surface area (Å²) in [5.74, 6) is -0.265. The van der Waals surface area contributed by atoms with Gasteiger partial charge in [-0.25, -0.2) is 4.39 Å². The van der Waals surface area contributed by atoms with Gasteiger partial charge in [-0.15, -0.1) is 0 Å². The summed E-state index contributed by atoms with van der Waals surface area (Å²) in [7, 11) is 0. The van der Waals surface area contributed by atoms with E-state index in [-0.39, 0.29) is 5.82 Å². The van der Waals surface area contributed by atoms with Crippen LogP contribution in [0, 0.1) is 5.82 Å². The van der Waals surface area contributed by atoms with Crippen LogP contribution in [0.15, 0.2) is 54.6 Å². The Morgan fingerprint density at radius 3 is 2.10 bits per heavy atom. The van der Waals surface area contributed by atoms with Gasteiger partial charge in [-0.3, -0.25) is 0 Å². The molecule has 0 bridgehead atoms. The molecule has 1 aliphatic heterocycles. The molecule has 1 aliphatic rings. The number of halogens is 1. The molecule has 3 heteroatoms. The zero-order chi connectivity index (χ0) is 14.0. The first kappa shape index (κ1) is 13.1.